The lowest BCUT2D eigenvalue weighted by Crippen LogP contribution is -2.50. The molecule has 0 aliphatic rings. The lowest BCUT2D eigenvalue weighted by molar-refractivity contribution is -0.143. The number of amides is 2. The maximum atomic E-state index is 13.1. The Morgan fingerprint density at radius 3 is 2.27 bits per heavy atom. The summed E-state index contributed by atoms with van der Waals surface area (Å²) in [5.74, 6) is 0.346. The Bertz CT molecular complexity index is 775. The lowest BCUT2D eigenvalue weighted by atomic mass is 10.1. The van der Waals surface area contributed by atoms with Gasteiger partial charge in [0.2, 0.25) is 5.91 Å². The van der Waals surface area contributed by atoms with Crippen LogP contribution in [0, 0.1) is 0 Å². The van der Waals surface area contributed by atoms with Gasteiger partial charge >= 0.3 is 0 Å². The molecule has 0 aliphatic carbocycles. The molecule has 2 aromatic carbocycles. The summed E-state index contributed by atoms with van der Waals surface area (Å²) in [6, 6.07) is 17.0. The van der Waals surface area contributed by atoms with Crippen molar-refractivity contribution in [2.45, 2.75) is 59.0 Å². The van der Waals surface area contributed by atoms with Gasteiger partial charge in [0, 0.05) is 13.1 Å². The first kappa shape index (κ1) is 23.5. The third-order valence-electron chi connectivity index (χ3n) is 5.11. The second kappa shape index (κ2) is 12.7. The van der Waals surface area contributed by atoms with Crippen LogP contribution in [0.3, 0.4) is 0 Å². The van der Waals surface area contributed by atoms with Crippen molar-refractivity contribution in [3.63, 3.8) is 0 Å². The largest absolute Gasteiger partial charge is 0.484 e. The molecule has 5 heteroatoms. The third-order valence-corrected chi connectivity index (χ3v) is 5.11. The van der Waals surface area contributed by atoms with Crippen LogP contribution < -0.4 is 10.1 Å². The number of nitrogens with one attached hydrogen (secondary N) is 1. The summed E-state index contributed by atoms with van der Waals surface area (Å²) in [6.07, 6.45) is 3.43. The van der Waals surface area contributed by atoms with E-state index in [1.165, 1.54) is 5.56 Å². The Balaban J connectivity index is 2.11. The Kier molecular flexibility index (Phi) is 9.92. The van der Waals surface area contributed by atoms with Crippen LogP contribution in [0.25, 0.3) is 0 Å². The third kappa shape index (κ3) is 7.21. The number of unbranched alkanes of at least 4 members (excludes halogenated alkanes) is 1. The minimum atomic E-state index is -0.527. The summed E-state index contributed by atoms with van der Waals surface area (Å²) < 4.78 is 5.74. The smallest absolute Gasteiger partial charge is 0.261 e. The van der Waals surface area contributed by atoms with Crippen LogP contribution in [-0.2, 0) is 22.6 Å². The second-order valence-electron chi connectivity index (χ2n) is 7.36. The first-order valence-electron chi connectivity index (χ1n) is 10.9. The molecule has 0 spiro atoms. The van der Waals surface area contributed by atoms with Crippen LogP contribution in [0.2, 0.25) is 0 Å². The maximum Gasteiger partial charge on any atom is 0.261 e. The molecule has 0 aromatic heterocycles. The van der Waals surface area contributed by atoms with Gasteiger partial charge in [-0.05, 0) is 42.5 Å². The Labute approximate surface area is 180 Å². The van der Waals surface area contributed by atoms with Gasteiger partial charge in [0.1, 0.15) is 11.8 Å². The highest BCUT2D eigenvalue weighted by Gasteiger charge is 2.28. The van der Waals surface area contributed by atoms with Crippen LogP contribution in [0.5, 0.6) is 5.75 Å². The summed E-state index contributed by atoms with van der Waals surface area (Å²) >= 11 is 0. The fourth-order valence-electron chi connectivity index (χ4n) is 3.26. The Morgan fingerprint density at radius 2 is 1.67 bits per heavy atom. The number of carbonyl (C=O) groups excluding carboxylic acids is 2. The zero-order chi connectivity index (χ0) is 21.8. The molecule has 0 radical (unpaired) electrons. The van der Waals surface area contributed by atoms with E-state index in [0.717, 1.165) is 24.8 Å². The number of benzene rings is 2. The fraction of sp³-hybridized carbons (Fsp3) is 0.440. The van der Waals surface area contributed by atoms with Crippen molar-refractivity contribution in [3.05, 3.63) is 65.7 Å². The number of nitrogens with zero attached hydrogens (tertiary/aromatic N) is 1. The van der Waals surface area contributed by atoms with Crippen LogP contribution in [0.15, 0.2) is 54.6 Å². The van der Waals surface area contributed by atoms with Crippen molar-refractivity contribution in [2.24, 2.45) is 0 Å². The molecule has 0 saturated heterocycles. The van der Waals surface area contributed by atoms with Crippen molar-refractivity contribution in [1.82, 2.24) is 10.2 Å². The minimum Gasteiger partial charge on any atom is -0.484 e. The molecule has 0 saturated carbocycles. The van der Waals surface area contributed by atoms with Crippen LogP contribution >= 0.6 is 0 Å². The molecular formula is C25H34N2O3. The van der Waals surface area contributed by atoms with Gasteiger partial charge in [0.05, 0.1) is 0 Å². The van der Waals surface area contributed by atoms with Crippen molar-refractivity contribution < 1.29 is 14.3 Å². The molecule has 0 aliphatic heterocycles. The van der Waals surface area contributed by atoms with Gasteiger partial charge < -0.3 is 15.0 Å². The van der Waals surface area contributed by atoms with E-state index < -0.39 is 6.04 Å². The van der Waals surface area contributed by atoms with Gasteiger partial charge in [0.15, 0.2) is 6.61 Å². The number of hydrogen-bond acceptors (Lipinski definition) is 3. The monoisotopic (exact) mass is 410 g/mol. The molecule has 1 unspecified atom stereocenters. The highest BCUT2D eigenvalue weighted by molar-refractivity contribution is 5.88. The van der Waals surface area contributed by atoms with E-state index in [1.807, 2.05) is 61.5 Å². The lowest BCUT2D eigenvalue weighted by Gasteiger charge is -2.30. The van der Waals surface area contributed by atoms with Gasteiger partial charge in [-0.1, -0.05) is 69.7 Å². The Hall–Kier alpha value is -2.82. The average molecular weight is 411 g/mol. The normalized spacial score (nSPS) is 11.6. The summed E-state index contributed by atoms with van der Waals surface area (Å²) in [5.41, 5.74) is 2.20. The van der Waals surface area contributed by atoms with Crippen LogP contribution in [0.1, 0.15) is 51.2 Å². The van der Waals surface area contributed by atoms with Crippen LogP contribution in [0.4, 0.5) is 0 Å². The second-order valence-corrected chi connectivity index (χ2v) is 7.36. The quantitative estimate of drug-likeness (QED) is 0.529. The zero-order valence-corrected chi connectivity index (χ0v) is 18.4. The number of rotatable bonds is 12. The standard InChI is InChI=1S/C25H34N2O3/c1-4-7-17-26-25(29)23(6-3)27(18-21-11-9-8-10-12-21)24(28)19-30-22-15-13-20(5-2)14-16-22/h8-16,23H,4-7,17-19H2,1-3H3,(H,26,29). The molecule has 162 valence electrons. The number of hydrogen-bond donors (Lipinski definition) is 1. The summed E-state index contributed by atoms with van der Waals surface area (Å²) in [4.78, 5) is 27.5. The average Bonchev–Trinajstić information content (AvgIpc) is 2.78. The van der Waals surface area contributed by atoms with E-state index in [2.05, 4.69) is 19.2 Å². The first-order valence-corrected chi connectivity index (χ1v) is 10.9. The molecule has 0 bridgehead atoms. The van der Waals surface area contributed by atoms with Crippen LogP contribution in [-0.4, -0.2) is 35.9 Å². The molecule has 2 amide bonds. The summed E-state index contributed by atoms with van der Waals surface area (Å²) in [5, 5.41) is 2.97. The van der Waals surface area contributed by atoms with E-state index in [1.54, 1.807) is 4.90 Å². The maximum absolute atomic E-state index is 13.1. The molecular weight excluding hydrogens is 376 g/mol. The topological polar surface area (TPSA) is 58.6 Å². The molecule has 0 fully saturated rings. The Morgan fingerprint density at radius 1 is 0.967 bits per heavy atom. The first-order chi connectivity index (χ1) is 14.6. The van der Waals surface area contributed by atoms with E-state index in [9.17, 15) is 9.59 Å². The predicted molar refractivity (Wildman–Crippen MR) is 120 cm³/mol. The van der Waals surface area contributed by atoms with E-state index in [-0.39, 0.29) is 18.4 Å². The highest BCUT2D eigenvalue weighted by atomic mass is 16.5. The van der Waals surface area contributed by atoms with Gasteiger partial charge in [-0.15, -0.1) is 0 Å². The summed E-state index contributed by atoms with van der Waals surface area (Å²) in [6.45, 7) is 7.00. The fourth-order valence-corrected chi connectivity index (χ4v) is 3.26. The zero-order valence-electron chi connectivity index (χ0n) is 18.4. The van der Waals surface area contributed by atoms with Crippen molar-refractivity contribution >= 4 is 11.8 Å². The molecule has 2 aromatic rings. The SMILES string of the molecule is CCCCNC(=O)C(CC)N(Cc1ccccc1)C(=O)COc1ccc(CC)cc1. The molecule has 0 heterocycles. The molecule has 5 nitrogen and oxygen atoms in total. The molecule has 2 rings (SSSR count). The van der Waals surface area contributed by atoms with Crippen molar-refractivity contribution in [2.75, 3.05) is 13.2 Å². The van der Waals surface area contributed by atoms with Crippen molar-refractivity contribution in [1.29, 1.82) is 0 Å². The van der Waals surface area contributed by atoms with Crippen molar-refractivity contribution in [3.8, 4) is 5.75 Å². The predicted octanol–water partition coefficient (Wildman–Crippen LogP) is 4.35. The molecule has 1 atom stereocenters. The van der Waals surface area contributed by atoms with Gasteiger partial charge in [-0.25, -0.2) is 0 Å². The highest BCUT2D eigenvalue weighted by Crippen LogP contribution is 2.15. The van der Waals surface area contributed by atoms with E-state index in [0.29, 0.717) is 25.3 Å². The van der Waals surface area contributed by atoms with Gasteiger partial charge in [0.25, 0.3) is 5.91 Å². The summed E-state index contributed by atoms with van der Waals surface area (Å²) in [7, 11) is 0. The van der Waals surface area contributed by atoms with E-state index in [4.69, 9.17) is 4.74 Å². The van der Waals surface area contributed by atoms with Gasteiger partial charge in [-0.3, -0.25) is 9.59 Å². The molecule has 30 heavy (non-hydrogen) atoms. The molecule has 1 N–H and O–H groups in total. The number of ether oxygens (including phenoxy) is 1. The minimum absolute atomic E-state index is 0.100. The number of aryl methyl sites for hydroxylation is 1. The van der Waals surface area contributed by atoms with E-state index >= 15 is 0 Å². The number of carbonyl (C=O) groups is 2. The van der Waals surface area contributed by atoms with Gasteiger partial charge in [-0.2, -0.15) is 0 Å².